The van der Waals surface area contributed by atoms with Gasteiger partial charge >= 0.3 is 0 Å². The van der Waals surface area contributed by atoms with Gasteiger partial charge in [0.05, 0.1) is 0 Å². The molecule has 74 valence electrons. The Morgan fingerprint density at radius 3 is 2.77 bits per heavy atom. The number of rotatable bonds is 5. The fraction of sp³-hybridized carbons (Fsp3) is 0.750. The fourth-order valence-corrected chi connectivity index (χ4v) is 3.84. The van der Waals surface area contributed by atoms with Gasteiger partial charge in [0.25, 0.3) is 0 Å². The summed E-state index contributed by atoms with van der Waals surface area (Å²) in [4.78, 5) is 0. The largest absolute Gasteiger partial charge is 0.174 e. The van der Waals surface area contributed by atoms with Crippen LogP contribution < -0.4 is 0 Å². The van der Waals surface area contributed by atoms with Crippen molar-refractivity contribution in [3.8, 4) is 0 Å². The van der Waals surface area contributed by atoms with Gasteiger partial charge in [0.1, 0.15) is 5.01 Å². The van der Waals surface area contributed by atoms with Gasteiger partial charge in [-0.15, -0.1) is 10.2 Å². The number of halogens is 1. The van der Waals surface area contributed by atoms with Crippen molar-refractivity contribution < 1.29 is 0 Å². The summed E-state index contributed by atoms with van der Waals surface area (Å²) >= 11 is 7.00. The van der Waals surface area contributed by atoms with Crippen molar-refractivity contribution in [2.45, 2.75) is 24.6 Å². The number of thioether (sulfide) groups is 1. The Bertz CT molecular complexity index is 248. The highest BCUT2D eigenvalue weighted by molar-refractivity contribution is 9.09. The Hall–Kier alpha value is 0.390. The third kappa shape index (κ3) is 3.95. The molecule has 1 aromatic rings. The average Bonchev–Trinajstić information content (AvgIpc) is 2.53. The molecule has 0 aliphatic carbocycles. The van der Waals surface area contributed by atoms with Gasteiger partial charge in [-0.3, -0.25) is 0 Å². The van der Waals surface area contributed by atoms with Crippen molar-refractivity contribution in [3.63, 3.8) is 0 Å². The smallest absolute Gasteiger partial charge is 0.143 e. The van der Waals surface area contributed by atoms with Gasteiger partial charge in [-0.05, 0) is 12.8 Å². The van der Waals surface area contributed by atoms with E-state index in [9.17, 15) is 0 Å². The van der Waals surface area contributed by atoms with Crippen LogP contribution in [0.2, 0.25) is 0 Å². The molecular weight excluding hydrogens is 268 g/mol. The predicted octanol–water partition coefficient (Wildman–Crippen LogP) is 3.36. The zero-order chi connectivity index (χ0) is 9.68. The molecule has 2 nitrogen and oxygen atoms in total. The Labute approximate surface area is 95.7 Å². The van der Waals surface area contributed by atoms with E-state index >= 15 is 0 Å². The lowest BCUT2D eigenvalue weighted by molar-refractivity contribution is 0.652. The molecule has 0 saturated heterocycles. The molecule has 0 aliphatic heterocycles. The molecule has 0 fully saturated rings. The minimum Gasteiger partial charge on any atom is -0.143 e. The first-order valence-corrected chi connectivity index (χ1v) is 7.17. The molecule has 0 N–H and O–H groups in total. The van der Waals surface area contributed by atoms with Gasteiger partial charge in [0.2, 0.25) is 0 Å². The normalized spacial score (nSPS) is 13.2. The second-order valence-electron chi connectivity index (χ2n) is 2.83. The van der Waals surface area contributed by atoms with E-state index in [2.05, 4.69) is 33.1 Å². The van der Waals surface area contributed by atoms with Crippen molar-refractivity contribution in [2.75, 3.05) is 11.1 Å². The summed E-state index contributed by atoms with van der Waals surface area (Å²) in [5, 5.41) is 10.2. The molecular formula is C8H13BrN2S2. The molecule has 1 rings (SSSR count). The highest BCUT2D eigenvalue weighted by Gasteiger charge is 2.07. The molecule has 0 spiro atoms. The van der Waals surface area contributed by atoms with Crippen molar-refractivity contribution in [1.29, 1.82) is 0 Å². The van der Waals surface area contributed by atoms with Gasteiger partial charge in [-0.25, -0.2) is 0 Å². The Balaban J connectivity index is 2.33. The van der Waals surface area contributed by atoms with Gasteiger partial charge < -0.3 is 0 Å². The first kappa shape index (κ1) is 11.5. The van der Waals surface area contributed by atoms with E-state index < -0.39 is 0 Å². The summed E-state index contributed by atoms with van der Waals surface area (Å²) in [5.41, 5.74) is 0. The molecule has 0 aromatic carbocycles. The monoisotopic (exact) mass is 280 g/mol. The van der Waals surface area contributed by atoms with Crippen LogP contribution in [0.4, 0.5) is 0 Å². The highest BCUT2D eigenvalue weighted by atomic mass is 79.9. The summed E-state index contributed by atoms with van der Waals surface area (Å²) in [6.07, 6.45) is 1.22. The number of alkyl halides is 1. The van der Waals surface area contributed by atoms with Crippen LogP contribution in [0.5, 0.6) is 0 Å². The van der Waals surface area contributed by atoms with Crippen LogP contribution in [0.15, 0.2) is 4.34 Å². The molecule has 1 heterocycles. The molecule has 0 aliphatic rings. The van der Waals surface area contributed by atoms with E-state index in [0.717, 1.165) is 26.3 Å². The third-order valence-electron chi connectivity index (χ3n) is 1.75. The van der Waals surface area contributed by atoms with Gasteiger partial charge in [0, 0.05) is 11.1 Å². The average molecular weight is 281 g/mol. The maximum Gasteiger partial charge on any atom is 0.174 e. The van der Waals surface area contributed by atoms with Crippen LogP contribution in [0.25, 0.3) is 0 Å². The van der Waals surface area contributed by atoms with Crippen molar-refractivity contribution in [3.05, 3.63) is 5.01 Å². The zero-order valence-corrected chi connectivity index (χ0v) is 11.0. The fourth-order valence-electron chi connectivity index (χ4n) is 0.797. The van der Waals surface area contributed by atoms with Crippen molar-refractivity contribution in [2.24, 2.45) is 5.92 Å². The lowest BCUT2D eigenvalue weighted by Crippen LogP contribution is -2.02. The first-order valence-electron chi connectivity index (χ1n) is 4.25. The Kier molecular flexibility index (Phi) is 5.28. The van der Waals surface area contributed by atoms with Crippen molar-refractivity contribution in [1.82, 2.24) is 10.2 Å². The summed E-state index contributed by atoms with van der Waals surface area (Å²) in [6.45, 7) is 4.21. The first-order chi connectivity index (χ1) is 6.26. The van der Waals surface area contributed by atoms with Crippen LogP contribution in [0.3, 0.4) is 0 Å². The molecule has 13 heavy (non-hydrogen) atoms. The SMILES string of the molecule is CCC(CBr)CSc1nnc(C)s1. The Morgan fingerprint density at radius 2 is 2.31 bits per heavy atom. The third-order valence-corrected chi connectivity index (χ3v) is 4.86. The maximum absolute atomic E-state index is 4.07. The second-order valence-corrected chi connectivity index (χ2v) is 5.92. The lowest BCUT2D eigenvalue weighted by atomic mass is 10.2. The van der Waals surface area contributed by atoms with E-state index in [4.69, 9.17) is 0 Å². The number of nitrogens with zero attached hydrogens (tertiary/aromatic N) is 2. The van der Waals surface area contributed by atoms with E-state index in [-0.39, 0.29) is 0 Å². The number of hydrogen-bond acceptors (Lipinski definition) is 4. The summed E-state index contributed by atoms with van der Waals surface area (Å²) in [5.74, 6) is 1.88. The molecule has 1 atom stereocenters. The lowest BCUT2D eigenvalue weighted by Gasteiger charge is -2.07. The van der Waals surface area contributed by atoms with Crippen molar-refractivity contribution >= 4 is 39.0 Å². The standard InChI is InChI=1S/C8H13BrN2S2/c1-3-7(4-9)5-12-8-11-10-6(2)13-8/h7H,3-5H2,1-2H3. The summed E-state index contributed by atoms with van der Waals surface area (Å²) in [6, 6.07) is 0. The number of aromatic nitrogens is 2. The highest BCUT2D eigenvalue weighted by Crippen LogP contribution is 2.25. The molecule has 0 amide bonds. The van der Waals surface area contributed by atoms with E-state index in [0.29, 0.717) is 0 Å². The summed E-state index contributed by atoms with van der Waals surface area (Å²) < 4.78 is 1.09. The van der Waals surface area contributed by atoms with Gasteiger partial charge in [0.15, 0.2) is 4.34 Å². The van der Waals surface area contributed by atoms with E-state index in [1.54, 1.807) is 11.3 Å². The van der Waals surface area contributed by atoms with Crippen LogP contribution in [-0.2, 0) is 0 Å². The zero-order valence-electron chi connectivity index (χ0n) is 7.79. The van der Waals surface area contributed by atoms with Crippen LogP contribution in [-0.4, -0.2) is 21.3 Å². The van der Waals surface area contributed by atoms with Gasteiger partial charge in [-0.2, -0.15) is 0 Å². The van der Waals surface area contributed by atoms with Crippen LogP contribution in [0.1, 0.15) is 18.4 Å². The van der Waals surface area contributed by atoms with Gasteiger partial charge in [-0.1, -0.05) is 52.4 Å². The molecule has 5 heteroatoms. The van der Waals surface area contributed by atoms with E-state index in [1.807, 2.05) is 18.7 Å². The molecule has 0 bridgehead atoms. The van der Waals surface area contributed by atoms with Crippen LogP contribution in [0, 0.1) is 12.8 Å². The van der Waals surface area contributed by atoms with E-state index in [1.165, 1.54) is 6.42 Å². The minimum absolute atomic E-state index is 0.745. The maximum atomic E-state index is 4.07. The quantitative estimate of drug-likeness (QED) is 0.611. The Morgan fingerprint density at radius 1 is 1.54 bits per heavy atom. The number of hydrogen-bond donors (Lipinski definition) is 0. The molecule has 1 aromatic heterocycles. The second kappa shape index (κ2) is 5.98. The van der Waals surface area contributed by atoms with Crippen LogP contribution >= 0.6 is 39.0 Å². The predicted molar refractivity (Wildman–Crippen MR) is 62.9 cm³/mol. The minimum atomic E-state index is 0.745. The topological polar surface area (TPSA) is 25.8 Å². The molecule has 1 unspecified atom stereocenters. The molecule has 0 saturated carbocycles. The molecule has 0 radical (unpaired) electrons. The number of aryl methyl sites for hydroxylation is 1. The summed E-state index contributed by atoms with van der Waals surface area (Å²) in [7, 11) is 0.